The van der Waals surface area contributed by atoms with E-state index >= 15 is 0 Å². The van der Waals surface area contributed by atoms with E-state index in [2.05, 4.69) is 9.97 Å². The Morgan fingerprint density at radius 1 is 1.22 bits per heavy atom. The van der Waals surface area contributed by atoms with Gasteiger partial charge in [0.1, 0.15) is 0 Å². The van der Waals surface area contributed by atoms with Crippen LogP contribution in [0.4, 0.5) is 0 Å². The number of hydrogen-bond donors (Lipinski definition) is 1. The molecule has 0 aromatic carbocycles. The molecule has 2 saturated carbocycles. The number of nitrogens with one attached hydrogen (secondary N) is 1. The van der Waals surface area contributed by atoms with Gasteiger partial charge in [-0.2, -0.15) is 0 Å². The summed E-state index contributed by atoms with van der Waals surface area (Å²) in [6.07, 6.45) is 9.23. The fourth-order valence-electron chi connectivity index (χ4n) is 2.66. The second-order valence-corrected chi connectivity index (χ2v) is 6.57. The van der Waals surface area contributed by atoms with Crippen LogP contribution in [-0.4, -0.2) is 15.7 Å². The molecule has 0 bridgehead atoms. The van der Waals surface area contributed by atoms with Crippen LogP contribution in [0.15, 0.2) is 16.0 Å². The summed E-state index contributed by atoms with van der Waals surface area (Å²) in [4.78, 5) is 19.0. The highest BCUT2D eigenvalue weighted by Gasteiger charge is 2.26. The van der Waals surface area contributed by atoms with E-state index in [1.54, 1.807) is 17.8 Å². The monoisotopic (exact) mass is 264 g/mol. The van der Waals surface area contributed by atoms with E-state index in [-0.39, 0.29) is 5.56 Å². The molecule has 4 heteroatoms. The lowest BCUT2D eigenvalue weighted by atomic mass is 9.91. The lowest BCUT2D eigenvalue weighted by Gasteiger charge is -2.20. The molecule has 0 radical (unpaired) electrons. The zero-order chi connectivity index (χ0) is 12.4. The van der Waals surface area contributed by atoms with Gasteiger partial charge in [0.2, 0.25) is 0 Å². The van der Waals surface area contributed by atoms with Gasteiger partial charge in [0.05, 0.1) is 5.69 Å². The predicted octanol–water partition coefficient (Wildman–Crippen LogP) is 3.32. The third-order valence-electron chi connectivity index (χ3n) is 3.92. The Balaban J connectivity index is 1.62. The molecule has 2 aliphatic rings. The number of hydrogen-bond acceptors (Lipinski definition) is 3. The van der Waals surface area contributed by atoms with Crippen LogP contribution in [-0.2, 0) is 0 Å². The molecule has 3 rings (SSSR count). The molecule has 0 unspecified atom stereocenters. The molecule has 2 fully saturated rings. The second-order valence-electron chi connectivity index (χ2n) is 5.56. The fourth-order valence-corrected chi connectivity index (χ4v) is 3.73. The van der Waals surface area contributed by atoms with Crippen molar-refractivity contribution in [1.29, 1.82) is 0 Å². The first-order chi connectivity index (χ1) is 8.81. The quantitative estimate of drug-likeness (QED) is 0.670. The van der Waals surface area contributed by atoms with Crippen molar-refractivity contribution < 1.29 is 0 Å². The molecule has 0 amide bonds. The zero-order valence-electron chi connectivity index (χ0n) is 10.7. The van der Waals surface area contributed by atoms with Crippen LogP contribution in [0, 0.1) is 5.92 Å². The van der Waals surface area contributed by atoms with E-state index in [1.807, 2.05) is 0 Å². The van der Waals surface area contributed by atoms with E-state index in [4.69, 9.17) is 0 Å². The van der Waals surface area contributed by atoms with Crippen LogP contribution >= 0.6 is 11.8 Å². The van der Waals surface area contributed by atoms with Crippen LogP contribution in [0.3, 0.4) is 0 Å². The minimum atomic E-state index is 0.0121. The number of rotatable bonds is 4. The van der Waals surface area contributed by atoms with Crippen LogP contribution in [0.1, 0.15) is 56.6 Å². The van der Waals surface area contributed by atoms with Crippen molar-refractivity contribution in [2.45, 2.75) is 56.0 Å². The minimum absolute atomic E-state index is 0.0121. The molecular formula is C14H20N2OS. The predicted molar refractivity (Wildman–Crippen MR) is 74.1 cm³/mol. The number of nitrogens with zero attached hydrogens (tertiary/aromatic N) is 1. The van der Waals surface area contributed by atoms with Gasteiger partial charge >= 0.3 is 0 Å². The standard InChI is InChI=1S/C14H20N2OS/c17-13-8-12(11-6-7-11)15-14(16-13)18-9-10-4-2-1-3-5-10/h8,10-11H,1-7,9H2,(H,15,16,17). The van der Waals surface area contributed by atoms with E-state index in [0.29, 0.717) is 5.92 Å². The fraction of sp³-hybridized carbons (Fsp3) is 0.714. The van der Waals surface area contributed by atoms with E-state index in [9.17, 15) is 4.79 Å². The molecule has 0 atom stereocenters. The summed E-state index contributed by atoms with van der Waals surface area (Å²) in [7, 11) is 0. The molecular weight excluding hydrogens is 244 g/mol. The normalized spacial score (nSPS) is 21.1. The lowest BCUT2D eigenvalue weighted by molar-refractivity contribution is 0.390. The van der Waals surface area contributed by atoms with Crippen molar-refractivity contribution in [2.24, 2.45) is 5.92 Å². The molecule has 98 valence electrons. The summed E-state index contributed by atoms with van der Waals surface area (Å²) >= 11 is 1.73. The average Bonchev–Trinajstić information content (AvgIpc) is 3.21. The summed E-state index contributed by atoms with van der Waals surface area (Å²) in [6, 6.07) is 1.67. The van der Waals surface area contributed by atoms with Gasteiger partial charge in [-0.25, -0.2) is 4.98 Å². The second kappa shape index (κ2) is 5.47. The van der Waals surface area contributed by atoms with E-state index < -0.39 is 0 Å². The minimum Gasteiger partial charge on any atom is -0.301 e. The molecule has 3 nitrogen and oxygen atoms in total. The number of H-pyrrole nitrogens is 1. The summed E-state index contributed by atoms with van der Waals surface area (Å²) in [5.41, 5.74) is 1.02. The number of thioether (sulfide) groups is 1. The van der Waals surface area contributed by atoms with Crippen molar-refractivity contribution in [1.82, 2.24) is 9.97 Å². The van der Waals surface area contributed by atoms with Crippen LogP contribution in [0.25, 0.3) is 0 Å². The zero-order valence-corrected chi connectivity index (χ0v) is 11.5. The Kier molecular flexibility index (Phi) is 3.73. The van der Waals surface area contributed by atoms with Crippen molar-refractivity contribution in [3.63, 3.8) is 0 Å². The molecule has 1 N–H and O–H groups in total. The topological polar surface area (TPSA) is 45.8 Å². The maximum absolute atomic E-state index is 11.6. The van der Waals surface area contributed by atoms with Crippen molar-refractivity contribution in [3.8, 4) is 0 Å². The SMILES string of the molecule is O=c1cc(C2CC2)nc(SCC2CCCCC2)[nH]1. The van der Waals surface area contributed by atoms with E-state index in [0.717, 1.165) is 22.5 Å². The Morgan fingerprint density at radius 2 is 2.00 bits per heavy atom. The maximum atomic E-state index is 11.6. The van der Waals surface area contributed by atoms with Gasteiger partial charge in [-0.05, 0) is 31.6 Å². The molecule has 1 aromatic rings. The highest BCUT2D eigenvalue weighted by atomic mass is 32.2. The highest BCUT2D eigenvalue weighted by molar-refractivity contribution is 7.99. The molecule has 1 heterocycles. The van der Waals surface area contributed by atoms with Crippen LogP contribution in [0.5, 0.6) is 0 Å². The van der Waals surface area contributed by atoms with Crippen molar-refractivity contribution in [3.05, 3.63) is 22.1 Å². The Labute approximate surface area is 112 Å². The van der Waals surface area contributed by atoms with Gasteiger partial charge in [0.15, 0.2) is 5.16 Å². The molecule has 1 aromatic heterocycles. The Hall–Kier alpha value is -0.770. The number of aromatic nitrogens is 2. The Morgan fingerprint density at radius 3 is 2.72 bits per heavy atom. The first-order valence-corrected chi connectivity index (χ1v) is 8.04. The largest absolute Gasteiger partial charge is 0.301 e. The van der Waals surface area contributed by atoms with Gasteiger partial charge in [-0.15, -0.1) is 0 Å². The average molecular weight is 264 g/mol. The lowest BCUT2D eigenvalue weighted by Crippen LogP contribution is -2.12. The van der Waals surface area contributed by atoms with Crippen LogP contribution in [0.2, 0.25) is 0 Å². The molecule has 18 heavy (non-hydrogen) atoms. The van der Waals surface area contributed by atoms with Gasteiger partial charge < -0.3 is 4.98 Å². The van der Waals surface area contributed by atoms with Gasteiger partial charge in [-0.1, -0.05) is 31.0 Å². The molecule has 0 saturated heterocycles. The maximum Gasteiger partial charge on any atom is 0.251 e. The summed E-state index contributed by atoms with van der Waals surface area (Å²) in [6.45, 7) is 0. The third-order valence-corrected chi connectivity index (χ3v) is 5.02. The summed E-state index contributed by atoms with van der Waals surface area (Å²) in [5.74, 6) is 2.48. The van der Waals surface area contributed by atoms with Crippen molar-refractivity contribution >= 4 is 11.8 Å². The molecule has 2 aliphatic carbocycles. The Bertz CT molecular complexity index is 461. The smallest absolute Gasteiger partial charge is 0.251 e. The summed E-state index contributed by atoms with van der Waals surface area (Å²) in [5, 5.41) is 0.829. The summed E-state index contributed by atoms with van der Waals surface area (Å²) < 4.78 is 0. The number of aromatic amines is 1. The first-order valence-electron chi connectivity index (χ1n) is 7.05. The van der Waals surface area contributed by atoms with Gasteiger partial charge in [0, 0.05) is 17.7 Å². The highest BCUT2D eigenvalue weighted by Crippen LogP contribution is 2.38. The third kappa shape index (κ3) is 3.16. The van der Waals surface area contributed by atoms with Gasteiger partial charge in [0.25, 0.3) is 5.56 Å². The van der Waals surface area contributed by atoms with Gasteiger partial charge in [-0.3, -0.25) is 4.79 Å². The first kappa shape index (κ1) is 12.3. The van der Waals surface area contributed by atoms with Crippen LogP contribution < -0.4 is 5.56 Å². The van der Waals surface area contributed by atoms with Crippen molar-refractivity contribution in [2.75, 3.05) is 5.75 Å². The molecule has 0 spiro atoms. The van der Waals surface area contributed by atoms with E-state index in [1.165, 1.54) is 44.9 Å². The molecule has 0 aliphatic heterocycles.